The van der Waals surface area contributed by atoms with Gasteiger partial charge in [-0.15, -0.1) is 0 Å². The van der Waals surface area contributed by atoms with Crippen LogP contribution < -0.4 is 15.8 Å². The topological polar surface area (TPSA) is 93.6 Å². The van der Waals surface area contributed by atoms with E-state index in [1.165, 1.54) is 19.4 Å². The number of nitrogen functional groups attached to an aromatic ring is 1. The predicted octanol–water partition coefficient (Wildman–Crippen LogP) is 6.09. The zero-order valence-corrected chi connectivity index (χ0v) is 21.8. The lowest BCUT2D eigenvalue weighted by molar-refractivity contribution is 0.0951. The number of carbonyl (C=O) groups is 1. The first-order valence-corrected chi connectivity index (χ1v) is 12.0. The van der Waals surface area contributed by atoms with Crippen molar-refractivity contribution in [1.29, 1.82) is 0 Å². The number of amides is 1. The third-order valence-electron chi connectivity index (χ3n) is 5.75. The molecule has 0 fully saturated rings. The summed E-state index contributed by atoms with van der Waals surface area (Å²) >= 11 is 12.1. The number of nitrogens with two attached hydrogens (primary N) is 1. The second kappa shape index (κ2) is 10.9. The van der Waals surface area contributed by atoms with Gasteiger partial charge in [-0.3, -0.25) is 4.79 Å². The van der Waals surface area contributed by atoms with E-state index < -0.39 is 17.7 Å². The van der Waals surface area contributed by atoms with Crippen molar-refractivity contribution in [3.8, 4) is 16.9 Å². The second-order valence-electron chi connectivity index (χ2n) is 8.64. The third-order valence-corrected chi connectivity index (χ3v) is 6.52. The number of pyridine rings is 1. The van der Waals surface area contributed by atoms with Gasteiger partial charge >= 0.3 is 0 Å². The zero-order valence-electron chi connectivity index (χ0n) is 20.2. The van der Waals surface area contributed by atoms with Gasteiger partial charge in [-0.1, -0.05) is 35.3 Å². The van der Waals surface area contributed by atoms with Gasteiger partial charge in [-0.25, -0.2) is 13.8 Å². The van der Waals surface area contributed by atoms with E-state index in [1.54, 1.807) is 24.3 Å². The van der Waals surface area contributed by atoms with E-state index in [0.29, 0.717) is 29.1 Å². The third kappa shape index (κ3) is 5.49. The van der Waals surface area contributed by atoms with Crippen molar-refractivity contribution in [3.63, 3.8) is 0 Å². The molecule has 1 unspecified atom stereocenters. The molecule has 194 valence electrons. The lowest BCUT2D eigenvalue weighted by atomic mass is 10.0. The molecule has 0 aliphatic carbocycles. The molecule has 1 atom stereocenters. The van der Waals surface area contributed by atoms with Crippen LogP contribution in [0.2, 0.25) is 10.0 Å². The summed E-state index contributed by atoms with van der Waals surface area (Å²) in [6, 6.07) is 7.62. The van der Waals surface area contributed by atoms with E-state index in [0.717, 1.165) is 12.1 Å². The molecule has 0 spiro atoms. The number of carbonyl (C=O) groups excluding carboxylic acids is 1. The number of fused-ring (bicyclic) bond motifs is 1. The van der Waals surface area contributed by atoms with Crippen molar-refractivity contribution in [3.05, 3.63) is 75.6 Å². The second-order valence-corrected chi connectivity index (χ2v) is 9.40. The number of nitrogens with zero attached hydrogens (tertiary/aromatic N) is 2. The van der Waals surface area contributed by atoms with Crippen LogP contribution in [0.4, 0.5) is 14.6 Å². The van der Waals surface area contributed by atoms with Gasteiger partial charge in [0.05, 0.1) is 21.7 Å². The van der Waals surface area contributed by atoms with Crippen LogP contribution in [0, 0.1) is 11.6 Å². The normalized spacial score (nSPS) is 12.2. The Morgan fingerprint density at radius 3 is 2.46 bits per heavy atom. The molecule has 0 saturated carbocycles. The first-order valence-electron chi connectivity index (χ1n) is 11.3. The first kappa shape index (κ1) is 26.7. The number of ether oxygens (including phenoxy) is 1. The predicted molar refractivity (Wildman–Crippen MR) is 140 cm³/mol. The quantitative estimate of drug-likeness (QED) is 0.258. The molecule has 0 radical (unpaired) electrons. The Bertz CT molecular complexity index is 1430. The zero-order chi connectivity index (χ0) is 26.9. The molecule has 0 bridgehead atoms. The Hall–Kier alpha value is -3.40. The maximum atomic E-state index is 14.0. The van der Waals surface area contributed by atoms with Crippen LogP contribution in [0.1, 0.15) is 28.9 Å². The van der Waals surface area contributed by atoms with Gasteiger partial charge in [-0.05, 0) is 38.7 Å². The fourth-order valence-corrected chi connectivity index (χ4v) is 4.45. The van der Waals surface area contributed by atoms with E-state index in [1.807, 2.05) is 19.0 Å². The molecule has 2 aromatic heterocycles. The van der Waals surface area contributed by atoms with E-state index >= 15 is 0 Å². The molecule has 2 aromatic carbocycles. The maximum Gasteiger partial charge on any atom is 0.251 e. The van der Waals surface area contributed by atoms with Crippen LogP contribution in [0.15, 0.2) is 47.2 Å². The van der Waals surface area contributed by atoms with Gasteiger partial charge in [0.15, 0.2) is 11.4 Å². The molecule has 0 saturated heterocycles. The summed E-state index contributed by atoms with van der Waals surface area (Å²) in [4.78, 5) is 18.5. The van der Waals surface area contributed by atoms with Crippen LogP contribution in [0.25, 0.3) is 22.1 Å². The van der Waals surface area contributed by atoms with Crippen LogP contribution in [0.3, 0.4) is 0 Å². The molecule has 0 aliphatic rings. The standard InChI is InChI=1S/C26H24Cl2F2N4O3/c1-13(20-21(27)18(29)10-19(30)22(20)28)37-24-23-16(11-33-25(24)31)17(12-36-23)14-4-6-15(7-5-14)26(35)32-8-9-34(2)3/h4-7,10-13H,8-9H2,1-3H3,(H2,31,33)(H,32,35). The number of benzene rings is 2. The number of hydrogen-bond acceptors (Lipinski definition) is 6. The van der Waals surface area contributed by atoms with Crippen LogP contribution >= 0.6 is 23.2 Å². The van der Waals surface area contributed by atoms with Gasteiger partial charge in [-0.2, -0.15) is 0 Å². The molecule has 1 amide bonds. The van der Waals surface area contributed by atoms with Crippen molar-refractivity contribution in [1.82, 2.24) is 15.2 Å². The lowest BCUT2D eigenvalue weighted by Gasteiger charge is -2.19. The molecular weight excluding hydrogens is 525 g/mol. The Morgan fingerprint density at radius 2 is 1.84 bits per heavy atom. The smallest absolute Gasteiger partial charge is 0.251 e. The Morgan fingerprint density at radius 1 is 1.19 bits per heavy atom. The van der Waals surface area contributed by atoms with E-state index in [-0.39, 0.29) is 38.7 Å². The van der Waals surface area contributed by atoms with E-state index in [4.69, 9.17) is 38.1 Å². The van der Waals surface area contributed by atoms with Crippen molar-refractivity contribution in [2.24, 2.45) is 0 Å². The minimum atomic E-state index is -0.987. The Balaban J connectivity index is 1.62. The van der Waals surface area contributed by atoms with Crippen molar-refractivity contribution >= 4 is 45.9 Å². The minimum absolute atomic E-state index is 0.00844. The summed E-state index contributed by atoms with van der Waals surface area (Å²) in [5.74, 6) is -2.02. The van der Waals surface area contributed by atoms with Gasteiger partial charge in [0.2, 0.25) is 5.75 Å². The highest BCUT2D eigenvalue weighted by Gasteiger charge is 2.25. The van der Waals surface area contributed by atoms with Gasteiger partial charge < -0.3 is 25.1 Å². The number of nitrogens with one attached hydrogen (secondary N) is 1. The Kier molecular flexibility index (Phi) is 7.87. The van der Waals surface area contributed by atoms with Gasteiger partial charge in [0.25, 0.3) is 5.91 Å². The van der Waals surface area contributed by atoms with Crippen molar-refractivity contribution in [2.75, 3.05) is 32.9 Å². The summed E-state index contributed by atoms with van der Waals surface area (Å²) in [7, 11) is 3.86. The highest BCUT2D eigenvalue weighted by Crippen LogP contribution is 2.42. The molecule has 2 heterocycles. The summed E-state index contributed by atoms with van der Waals surface area (Å²) < 4.78 is 39.8. The SMILES string of the molecule is CC(Oc1c(N)ncc2c(-c3ccc(C(=O)NCCN(C)C)cc3)coc12)c1c(Cl)c(F)cc(F)c1Cl. The average Bonchev–Trinajstić information content (AvgIpc) is 3.29. The molecule has 0 aliphatic heterocycles. The number of rotatable bonds is 8. The maximum absolute atomic E-state index is 14.0. The highest BCUT2D eigenvalue weighted by molar-refractivity contribution is 6.36. The minimum Gasteiger partial charge on any atom is -0.478 e. The molecule has 4 rings (SSSR count). The highest BCUT2D eigenvalue weighted by atomic mass is 35.5. The lowest BCUT2D eigenvalue weighted by Crippen LogP contribution is -2.31. The van der Waals surface area contributed by atoms with E-state index in [9.17, 15) is 13.6 Å². The monoisotopic (exact) mass is 548 g/mol. The molecule has 37 heavy (non-hydrogen) atoms. The summed E-state index contributed by atoms with van der Waals surface area (Å²) in [6.45, 7) is 2.79. The van der Waals surface area contributed by atoms with Crippen molar-refractivity contribution < 1.29 is 22.7 Å². The van der Waals surface area contributed by atoms with Crippen LogP contribution in [0.5, 0.6) is 5.75 Å². The summed E-state index contributed by atoms with van der Waals surface area (Å²) in [5, 5.41) is 2.74. The van der Waals surface area contributed by atoms with E-state index in [2.05, 4.69) is 10.3 Å². The number of likely N-dealkylation sites (N-methyl/N-ethyl adjacent to an activating group) is 1. The molecule has 11 heteroatoms. The number of hydrogen-bond donors (Lipinski definition) is 2. The fraction of sp³-hybridized carbons (Fsp3) is 0.231. The van der Waals surface area contributed by atoms with Gasteiger partial charge in [0.1, 0.15) is 17.7 Å². The Labute approximate surface area is 222 Å². The largest absolute Gasteiger partial charge is 0.478 e. The first-order chi connectivity index (χ1) is 17.6. The summed E-state index contributed by atoms with van der Waals surface area (Å²) in [6.07, 6.45) is 2.06. The molecule has 7 nitrogen and oxygen atoms in total. The van der Waals surface area contributed by atoms with Crippen molar-refractivity contribution in [2.45, 2.75) is 13.0 Å². The van der Waals surface area contributed by atoms with Gasteiger partial charge in [0, 0.05) is 42.0 Å². The fourth-order valence-electron chi connectivity index (χ4n) is 3.80. The molecule has 4 aromatic rings. The number of furan rings is 1. The molecule has 3 N–H and O–H groups in total. The number of aromatic nitrogens is 1. The van der Waals surface area contributed by atoms with Crippen LogP contribution in [-0.4, -0.2) is 43.0 Å². The molecular formula is C26H24Cl2F2N4O3. The number of anilines is 1. The number of halogens is 4. The van der Waals surface area contributed by atoms with Crippen LogP contribution in [-0.2, 0) is 0 Å². The summed E-state index contributed by atoms with van der Waals surface area (Å²) in [5.41, 5.74) is 8.24. The average molecular weight is 549 g/mol.